The van der Waals surface area contributed by atoms with Gasteiger partial charge in [0.2, 0.25) is 0 Å². The van der Waals surface area contributed by atoms with Gasteiger partial charge >= 0.3 is 0 Å². The van der Waals surface area contributed by atoms with Gasteiger partial charge < -0.3 is 9.88 Å². The van der Waals surface area contributed by atoms with Crippen molar-refractivity contribution in [3.05, 3.63) is 64.3 Å². The second kappa shape index (κ2) is 6.36. The molecule has 0 bridgehead atoms. The summed E-state index contributed by atoms with van der Waals surface area (Å²) in [5.74, 6) is 0. The van der Waals surface area contributed by atoms with Crippen molar-refractivity contribution in [3.63, 3.8) is 0 Å². The van der Waals surface area contributed by atoms with E-state index in [9.17, 15) is 8.42 Å². The molecule has 5 rings (SSSR count). The van der Waals surface area contributed by atoms with Gasteiger partial charge in [-0.15, -0.1) is 0 Å². The van der Waals surface area contributed by atoms with Crippen LogP contribution in [0.3, 0.4) is 0 Å². The highest BCUT2D eigenvalue weighted by Gasteiger charge is 2.36. The van der Waals surface area contributed by atoms with E-state index in [0.29, 0.717) is 11.4 Å². The summed E-state index contributed by atoms with van der Waals surface area (Å²) in [5.41, 5.74) is 4.78. The molecule has 0 amide bonds. The smallest absolute Gasteiger partial charge is 0.186 e. The number of halogens is 1. The highest BCUT2D eigenvalue weighted by Crippen LogP contribution is 2.43. The number of nitrogens with zero attached hydrogens (tertiary/aromatic N) is 1. The van der Waals surface area contributed by atoms with E-state index in [2.05, 4.69) is 16.0 Å². The zero-order valence-corrected chi connectivity index (χ0v) is 16.5. The molecular weight excluding hydrogens is 380 g/mol. The third kappa shape index (κ3) is 2.56. The lowest BCUT2D eigenvalue weighted by molar-refractivity contribution is 0.544. The standard InChI is InChI=1S/C21H21ClN2O2S/c22-17-6-1-2-7-20(17)27(25,26)19-10-13-24-18-9-12-23-11-8-14(18)15-4-3-5-16(19)21(15)24/h1-7,19,23H,8-13H2. The SMILES string of the molecule is O=S(=O)(c1ccccc1Cl)C1CCn2c3c(c4cccc1c42)CCNCC3. The van der Waals surface area contributed by atoms with Crippen LogP contribution >= 0.6 is 11.6 Å². The fourth-order valence-corrected chi connectivity index (χ4v) is 7.04. The van der Waals surface area contributed by atoms with Crippen molar-refractivity contribution >= 4 is 32.3 Å². The zero-order chi connectivity index (χ0) is 18.6. The van der Waals surface area contributed by atoms with E-state index in [1.807, 2.05) is 12.1 Å². The predicted molar refractivity (Wildman–Crippen MR) is 108 cm³/mol. The first-order valence-corrected chi connectivity index (χ1v) is 11.3. The molecule has 4 nitrogen and oxygen atoms in total. The van der Waals surface area contributed by atoms with Gasteiger partial charge in [-0.25, -0.2) is 8.42 Å². The van der Waals surface area contributed by atoms with Crippen LogP contribution in [0.2, 0.25) is 5.02 Å². The van der Waals surface area contributed by atoms with E-state index >= 15 is 0 Å². The van der Waals surface area contributed by atoms with Gasteiger partial charge in [-0.2, -0.15) is 0 Å². The van der Waals surface area contributed by atoms with E-state index in [-0.39, 0.29) is 4.90 Å². The Balaban J connectivity index is 1.73. The maximum absolute atomic E-state index is 13.5. The lowest BCUT2D eigenvalue weighted by atomic mass is 10.0. The molecular formula is C21H21ClN2O2S. The first-order valence-electron chi connectivity index (χ1n) is 9.41. The molecule has 3 heterocycles. The van der Waals surface area contributed by atoms with Crippen LogP contribution in [0, 0.1) is 0 Å². The highest BCUT2D eigenvalue weighted by molar-refractivity contribution is 7.91. The van der Waals surface area contributed by atoms with Crippen LogP contribution in [0.1, 0.15) is 28.5 Å². The molecule has 1 N–H and O–H groups in total. The Hall–Kier alpha value is -1.82. The van der Waals surface area contributed by atoms with Crippen molar-refractivity contribution in [2.75, 3.05) is 13.1 Å². The topological polar surface area (TPSA) is 51.1 Å². The molecule has 1 atom stereocenters. The fraction of sp³-hybridized carbons (Fsp3) is 0.333. The van der Waals surface area contributed by atoms with E-state index in [1.165, 1.54) is 16.6 Å². The second-order valence-corrected chi connectivity index (χ2v) is 9.83. The molecule has 0 spiro atoms. The third-order valence-corrected chi connectivity index (χ3v) is 8.56. The van der Waals surface area contributed by atoms with Crippen LogP contribution in [0.5, 0.6) is 0 Å². The summed E-state index contributed by atoms with van der Waals surface area (Å²) in [5, 5.41) is 4.43. The molecule has 3 aromatic rings. The fourth-order valence-electron chi connectivity index (χ4n) is 4.73. The minimum atomic E-state index is -3.55. The lowest BCUT2D eigenvalue weighted by Crippen LogP contribution is -2.23. The summed E-state index contributed by atoms with van der Waals surface area (Å²) >= 11 is 6.24. The number of fused-ring (bicyclic) bond motifs is 3. The number of hydrogen-bond donors (Lipinski definition) is 1. The number of hydrogen-bond acceptors (Lipinski definition) is 3. The second-order valence-electron chi connectivity index (χ2n) is 7.32. The van der Waals surface area contributed by atoms with Gasteiger partial charge in [-0.05, 0) is 42.6 Å². The number of aromatic nitrogens is 1. The van der Waals surface area contributed by atoms with Gasteiger partial charge in [-0.1, -0.05) is 41.9 Å². The molecule has 6 heteroatoms. The van der Waals surface area contributed by atoms with Gasteiger partial charge in [0.15, 0.2) is 9.84 Å². The molecule has 140 valence electrons. The maximum atomic E-state index is 13.5. The van der Waals surface area contributed by atoms with Gasteiger partial charge in [0, 0.05) is 30.6 Å². The molecule has 0 saturated carbocycles. The van der Waals surface area contributed by atoms with E-state index in [4.69, 9.17) is 11.6 Å². The molecule has 0 radical (unpaired) electrons. The van der Waals surface area contributed by atoms with Crippen molar-refractivity contribution in [2.45, 2.75) is 36.0 Å². The summed E-state index contributed by atoms with van der Waals surface area (Å²) < 4.78 is 29.3. The molecule has 2 aliphatic heterocycles. The Bertz CT molecular complexity index is 1150. The van der Waals surface area contributed by atoms with Gasteiger partial charge in [-0.3, -0.25) is 0 Å². The average Bonchev–Trinajstić information content (AvgIpc) is 2.83. The van der Waals surface area contributed by atoms with Gasteiger partial charge in [0.05, 0.1) is 20.7 Å². The van der Waals surface area contributed by atoms with Crippen LogP contribution in [0.15, 0.2) is 47.4 Å². The molecule has 1 unspecified atom stereocenters. The third-order valence-electron chi connectivity index (χ3n) is 5.91. The van der Waals surface area contributed by atoms with E-state index in [1.54, 1.807) is 24.3 Å². The van der Waals surface area contributed by atoms with Crippen molar-refractivity contribution in [1.29, 1.82) is 0 Å². The maximum Gasteiger partial charge on any atom is 0.186 e. The molecule has 2 aromatic carbocycles. The van der Waals surface area contributed by atoms with E-state index in [0.717, 1.165) is 43.6 Å². The quantitative estimate of drug-likeness (QED) is 0.709. The Morgan fingerprint density at radius 1 is 1.04 bits per heavy atom. The minimum absolute atomic E-state index is 0.236. The first-order chi connectivity index (χ1) is 13.1. The highest BCUT2D eigenvalue weighted by atomic mass is 35.5. The van der Waals surface area contributed by atoms with Crippen LogP contribution in [-0.4, -0.2) is 26.1 Å². The van der Waals surface area contributed by atoms with Crippen LogP contribution in [-0.2, 0) is 29.2 Å². The van der Waals surface area contributed by atoms with Crippen molar-refractivity contribution in [2.24, 2.45) is 0 Å². The van der Waals surface area contributed by atoms with Crippen LogP contribution < -0.4 is 5.32 Å². The summed E-state index contributed by atoms with van der Waals surface area (Å²) in [6, 6.07) is 12.9. The number of para-hydroxylation sites is 1. The molecule has 27 heavy (non-hydrogen) atoms. The first kappa shape index (κ1) is 17.3. The monoisotopic (exact) mass is 400 g/mol. The number of benzene rings is 2. The van der Waals surface area contributed by atoms with E-state index < -0.39 is 15.1 Å². The summed E-state index contributed by atoms with van der Waals surface area (Å²) in [6.07, 6.45) is 2.56. The van der Waals surface area contributed by atoms with Crippen molar-refractivity contribution in [3.8, 4) is 0 Å². The zero-order valence-electron chi connectivity index (χ0n) is 14.9. The number of rotatable bonds is 2. The van der Waals surface area contributed by atoms with Crippen LogP contribution in [0.4, 0.5) is 0 Å². The molecule has 0 fully saturated rings. The normalized spacial score (nSPS) is 19.7. The van der Waals surface area contributed by atoms with Gasteiger partial charge in [0.25, 0.3) is 0 Å². The number of aryl methyl sites for hydroxylation is 1. The Morgan fingerprint density at radius 2 is 1.85 bits per heavy atom. The average molecular weight is 401 g/mol. The summed E-state index contributed by atoms with van der Waals surface area (Å²) in [7, 11) is -3.55. The molecule has 0 aliphatic carbocycles. The largest absolute Gasteiger partial charge is 0.344 e. The Labute approximate surface area is 164 Å². The summed E-state index contributed by atoms with van der Waals surface area (Å²) in [4.78, 5) is 0.236. The molecule has 2 aliphatic rings. The Kier molecular flexibility index (Phi) is 4.08. The molecule has 0 saturated heterocycles. The number of nitrogens with one attached hydrogen (secondary N) is 1. The van der Waals surface area contributed by atoms with Crippen molar-refractivity contribution < 1.29 is 8.42 Å². The number of sulfone groups is 1. The minimum Gasteiger partial charge on any atom is -0.344 e. The predicted octanol–water partition coefficient (Wildman–Crippen LogP) is 3.90. The lowest BCUT2D eigenvalue weighted by Gasteiger charge is -2.26. The summed E-state index contributed by atoms with van der Waals surface area (Å²) in [6.45, 7) is 2.68. The van der Waals surface area contributed by atoms with Crippen molar-refractivity contribution in [1.82, 2.24) is 9.88 Å². The van der Waals surface area contributed by atoms with Gasteiger partial charge in [0.1, 0.15) is 0 Å². The van der Waals surface area contributed by atoms with Crippen LogP contribution in [0.25, 0.3) is 10.9 Å². The Morgan fingerprint density at radius 3 is 2.70 bits per heavy atom. The molecule has 1 aromatic heterocycles.